The molecule has 0 radical (unpaired) electrons. The number of thiazole rings is 1. The molecule has 20 heavy (non-hydrogen) atoms. The van der Waals surface area contributed by atoms with E-state index in [4.69, 9.17) is 0 Å². The van der Waals surface area contributed by atoms with Gasteiger partial charge >= 0.3 is 0 Å². The van der Waals surface area contributed by atoms with Crippen LogP contribution in [0.5, 0.6) is 0 Å². The summed E-state index contributed by atoms with van der Waals surface area (Å²) in [6.45, 7) is 5.51. The molecule has 1 aromatic carbocycles. The highest BCUT2D eigenvalue weighted by Crippen LogP contribution is 2.21. The van der Waals surface area contributed by atoms with Crippen LogP contribution in [-0.4, -0.2) is 18.1 Å². The van der Waals surface area contributed by atoms with Gasteiger partial charge in [-0.25, -0.2) is 9.37 Å². The molecule has 108 valence electrons. The highest BCUT2D eigenvalue weighted by molar-refractivity contribution is 7.13. The monoisotopic (exact) mass is 293 g/mol. The van der Waals surface area contributed by atoms with E-state index in [1.165, 1.54) is 6.07 Å². The molecule has 0 saturated heterocycles. The lowest BCUT2D eigenvalue weighted by Gasteiger charge is -2.16. The number of benzene rings is 1. The standard InChI is InChI=1S/C15H20FN3S/c1-11(2)17-8-13-10-20-15(18-13)19(3)9-12-6-4-5-7-14(12)16/h4-7,10-11,17H,8-9H2,1-3H3. The predicted octanol–water partition coefficient (Wildman–Crippen LogP) is 3.42. The van der Waals surface area contributed by atoms with Crippen LogP contribution in [0, 0.1) is 5.82 Å². The van der Waals surface area contributed by atoms with Gasteiger partial charge in [0.1, 0.15) is 5.82 Å². The number of anilines is 1. The van der Waals surface area contributed by atoms with E-state index in [-0.39, 0.29) is 5.82 Å². The highest BCUT2D eigenvalue weighted by Gasteiger charge is 2.10. The maximum Gasteiger partial charge on any atom is 0.185 e. The summed E-state index contributed by atoms with van der Waals surface area (Å²) in [5.41, 5.74) is 1.71. The fraction of sp³-hybridized carbons (Fsp3) is 0.400. The smallest absolute Gasteiger partial charge is 0.185 e. The maximum absolute atomic E-state index is 13.6. The SMILES string of the molecule is CC(C)NCc1csc(N(C)Cc2ccccc2F)n1. The molecule has 0 unspecified atom stereocenters. The third kappa shape index (κ3) is 4.02. The lowest BCUT2D eigenvalue weighted by molar-refractivity contribution is 0.582. The number of hydrogen-bond acceptors (Lipinski definition) is 4. The Kier molecular flexibility index (Phi) is 5.09. The molecule has 0 fully saturated rings. The van der Waals surface area contributed by atoms with E-state index in [1.807, 2.05) is 23.4 Å². The van der Waals surface area contributed by atoms with Gasteiger partial charge in [0.2, 0.25) is 0 Å². The molecule has 5 heteroatoms. The lowest BCUT2D eigenvalue weighted by atomic mass is 10.2. The maximum atomic E-state index is 13.6. The molecule has 0 amide bonds. The molecular formula is C15H20FN3S. The van der Waals surface area contributed by atoms with E-state index in [0.29, 0.717) is 18.2 Å². The van der Waals surface area contributed by atoms with Gasteiger partial charge in [-0.3, -0.25) is 0 Å². The van der Waals surface area contributed by atoms with Crippen molar-refractivity contribution in [3.05, 3.63) is 46.7 Å². The third-order valence-corrected chi connectivity index (χ3v) is 3.93. The van der Waals surface area contributed by atoms with Crippen molar-refractivity contribution < 1.29 is 4.39 Å². The number of nitrogens with zero attached hydrogens (tertiary/aromatic N) is 2. The largest absolute Gasteiger partial charge is 0.347 e. The number of hydrogen-bond donors (Lipinski definition) is 1. The van der Waals surface area contributed by atoms with Gasteiger partial charge < -0.3 is 10.2 Å². The molecule has 0 bridgehead atoms. The summed E-state index contributed by atoms with van der Waals surface area (Å²) in [5.74, 6) is -0.169. The van der Waals surface area contributed by atoms with Crippen LogP contribution in [0.3, 0.4) is 0 Å². The molecule has 2 rings (SSSR count). The molecule has 1 N–H and O–H groups in total. The minimum absolute atomic E-state index is 0.169. The fourth-order valence-electron chi connectivity index (χ4n) is 1.81. The zero-order chi connectivity index (χ0) is 14.5. The summed E-state index contributed by atoms with van der Waals surface area (Å²) in [4.78, 5) is 6.54. The van der Waals surface area contributed by atoms with E-state index in [0.717, 1.165) is 17.4 Å². The number of halogens is 1. The van der Waals surface area contributed by atoms with Crippen molar-refractivity contribution in [2.24, 2.45) is 0 Å². The van der Waals surface area contributed by atoms with E-state index in [1.54, 1.807) is 23.5 Å². The molecular weight excluding hydrogens is 273 g/mol. The summed E-state index contributed by atoms with van der Waals surface area (Å²) in [6, 6.07) is 7.30. The number of rotatable bonds is 6. The molecule has 1 aromatic heterocycles. The van der Waals surface area contributed by atoms with Gasteiger partial charge in [-0.2, -0.15) is 0 Å². The highest BCUT2D eigenvalue weighted by atomic mass is 32.1. The summed E-state index contributed by atoms with van der Waals surface area (Å²) in [5, 5.41) is 6.29. The second kappa shape index (κ2) is 6.81. The van der Waals surface area contributed by atoms with Crippen molar-refractivity contribution in [2.75, 3.05) is 11.9 Å². The van der Waals surface area contributed by atoms with Gasteiger partial charge in [0.15, 0.2) is 5.13 Å². The van der Waals surface area contributed by atoms with Crippen molar-refractivity contribution in [2.45, 2.75) is 33.0 Å². The van der Waals surface area contributed by atoms with Crippen LogP contribution in [0.4, 0.5) is 9.52 Å². The summed E-state index contributed by atoms with van der Waals surface area (Å²) < 4.78 is 13.6. The Hall–Kier alpha value is -1.46. The zero-order valence-corrected chi connectivity index (χ0v) is 12.9. The quantitative estimate of drug-likeness (QED) is 0.884. The van der Waals surface area contributed by atoms with E-state index in [2.05, 4.69) is 24.1 Å². The Morgan fingerprint density at radius 1 is 1.35 bits per heavy atom. The Morgan fingerprint density at radius 2 is 2.10 bits per heavy atom. The van der Waals surface area contributed by atoms with Gasteiger partial charge in [0, 0.05) is 37.1 Å². The third-order valence-electron chi connectivity index (χ3n) is 2.92. The van der Waals surface area contributed by atoms with Gasteiger partial charge in [0.25, 0.3) is 0 Å². The first-order valence-corrected chi connectivity index (χ1v) is 7.56. The van der Waals surface area contributed by atoms with Crippen molar-refractivity contribution in [1.29, 1.82) is 0 Å². The van der Waals surface area contributed by atoms with Crippen molar-refractivity contribution >= 4 is 16.5 Å². The minimum Gasteiger partial charge on any atom is -0.347 e. The summed E-state index contributed by atoms with van der Waals surface area (Å²) in [6.07, 6.45) is 0. The fourth-order valence-corrected chi connectivity index (χ4v) is 2.60. The second-order valence-electron chi connectivity index (χ2n) is 5.10. The normalized spacial score (nSPS) is 11.1. The van der Waals surface area contributed by atoms with Crippen molar-refractivity contribution in [3.8, 4) is 0 Å². The molecule has 0 atom stereocenters. The molecule has 0 saturated carbocycles. The second-order valence-corrected chi connectivity index (χ2v) is 5.94. The van der Waals surface area contributed by atoms with Crippen LogP contribution in [-0.2, 0) is 13.1 Å². The van der Waals surface area contributed by atoms with E-state index >= 15 is 0 Å². The van der Waals surface area contributed by atoms with Crippen LogP contribution >= 0.6 is 11.3 Å². The Bertz CT molecular complexity index is 554. The first-order chi connectivity index (χ1) is 9.56. The van der Waals surface area contributed by atoms with Crippen LogP contribution in [0.2, 0.25) is 0 Å². The first-order valence-electron chi connectivity index (χ1n) is 6.68. The molecule has 1 heterocycles. The van der Waals surface area contributed by atoms with Gasteiger partial charge in [-0.05, 0) is 6.07 Å². The number of aromatic nitrogens is 1. The van der Waals surface area contributed by atoms with E-state index in [9.17, 15) is 4.39 Å². The first kappa shape index (κ1) is 14.9. The van der Waals surface area contributed by atoms with Gasteiger partial charge in [0.05, 0.1) is 5.69 Å². The van der Waals surface area contributed by atoms with E-state index < -0.39 is 0 Å². The van der Waals surface area contributed by atoms with Crippen LogP contribution in [0.1, 0.15) is 25.1 Å². The molecule has 0 aliphatic rings. The Morgan fingerprint density at radius 3 is 2.80 bits per heavy atom. The van der Waals surface area contributed by atoms with Crippen LogP contribution in [0.15, 0.2) is 29.6 Å². The molecule has 3 nitrogen and oxygen atoms in total. The topological polar surface area (TPSA) is 28.2 Å². The van der Waals surface area contributed by atoms with Crippen molar-refractivity contribution in [1.82, 2.24) is 10.3 Å². The molecule has 2 aromatic rings. The minimum atomic E-state index is -0.169. The average Bonchev–Trinajstić information content (AvgIpc) is 2.88. The number of nitrogens with one attached hydrogen (secondary N) is 1. The van der Waals surface area contributed by atoms with Crippen LogP contribution in [0.25, 0.3) is 0 Å². The summed E-state index contributed by atoms with van der Waals surface area (Å²) >= 11 is 1.59. The zero-order valence-electron chi connectivity index (χ0n) is 12.1. The Labute approximate surface area is 123 Å². The molecule has 0 aliphatic carbocycles. The van der Waals surface area contributed by atoms with Gasteiger partial charge in [-0.15, -0.1) is 11.3 Å². The lowest BCUT2D eigenvalue weighted by Crippen LogP contribution is -2.22. The van der Waals surface area contributed by atoms with Crippen molar-refractivity contribution in [3.63, 3.8) is 0 Å². The summed E-state index contributed by atoms with van der Waals surface area (Å²) in [7, 11) is 1.94. The predicted molar refractivity (Wildman–Crippen MR) is 82.6 cm³/mol. The van der Waals surface area contributed by atoms with Crippen LogP contribution < -0.4 is 10.2 Å². The van der Waals surface area contributed by atoms with Gasteiger partial charge in [-0.1, -0.05) is 32.0 Å². The average molecular weight is 293 g/mol. The molecule has 0 aliphatic heterocycles. The molecule has 0 spiro atoms. The Balaban J connectivity index is 1.99.